The average molecular weight is 351 g/mol. The van der Waals surface area contributed by atoms with Gasteiger partial charge in [-0.2, -0.15) is 4.31 Å². The number of sulfonamides is 1. The van der Waals surface area contributed by atoms with Gasteiger partial charge in [0.05, 0.1) is 7.11 Å². The van der Waals surface area contributed by atoms with E-state index < -0.39 is 10.0 Å². The molecule has 1 aliphatic rings. The second-order valence-corrected chi connectivity index (χ2v) is 8.97. The van der Waals surface area contributed by atoms with Crippen molar-refractivity contribution in [2.24, 2.45) is 5.92 Å². The fourth-order valence-corrected chi connectivity index (χ4v) is 5.50. The molecule has 1 atom stereocenters. The van der Waals surface area contributed by atoms with Crippen LogP contribution in [0.2, 0.25) is 0 Å². The SMILES string of the molecule is COc1ccc(CN(C(C)C2CC2)S(=O)(=O)c2cccs2)cc1. The quantitative estimate of drug-likeness (QED) is 0.763. The number of hydrogen-bond donors (Lipinski definition) is 0. The highest BCUT2D eigenvalue weighted by molar-refractivity contribution is 7.91. The number of nitrogens with zero attached hydrogens (tertiary/aromatic N) is 1. The summed E-state index contributed by atoms with van der Waals surface area (Å²) in [7, 11) is -1.83. The summed E-state index contributed by atoms with van der Waals surface area (Å²) in [6, 6.07) is 11.1. The summed E-state index contributed by atoms with van der Waals surface area (Å²) >= 11 is 1.27. The van der Waals surface area contributed by atoms with Crippen LogP contribution < -0.4 is 4.74 Å². The smallest absolute Gasteiger partial charge is 0.253 e. The second kappa shape index (κ2) is 6.63. The molecule has 23 heavy (non-hydrogen) atoms. The van der Waals surface area contributed by atoms with Crippen molar-refractivity contribution in [3.8, 4) is 5.75 Å². The van der Waals surface area contributed by atoms with E-state index in [1.54, 1.807) is 28.9 Å². The first-order chi connectivity index (χ1) is 11.0. The van der Waals surface area contributed by atoms with Crippen molar-refractivity contribution in [3.05, 3.63) is 47.3 Å². The standard InChI is InChI=1S/C17H21NO3S2/c1-13(15-7-8-15)18(23(19,20)17-4-3-11-22-17)12-14-5-9-16(21-2)10-6-14/h3-6,9-11,13,15H,7-8,12H2,1-2H3. The third kappa shape index (κ3) is 3.59. The van der Waals surface area contributed by atoms with Gasteiger partial charge in [0.2, 0.25) is 0 Å². The highest BCUT2D eigenvalue weighted by Crippen LogP contribution is 2.38. The lowest BCUT2D eigenvalue weighted by Crippen LogP contribution is -2.39. The topological polar surface area (TPSA) is 46.6 Å². The third-order valence-corrected chi connectivity index (χ3v) is 7.62. The highest BCUT2D eigenvalue weighted by Gasteiger charge is 2.38. The molecule has 0 amide bonds. The molecule has 1 aromatic heterocycles. The summed E-state index contributed by atoms with van der Waals surface area (Å²) in [4.78, 5) is 0. The Bertz CT molecular complexity index is 735. The molecule has 1 aromatic carbocycles. The summed E-state index contributed by atoms with van der Waals surface area (Å²) in [5.41, 5.74) is 0.971. The predicted octanol–water partition coefficient (Wildman–Crippen LogP) is 3.75. The number of ether oxygens (including phenoxy) is 1. The zero-order valence-electron chi connectivity index (χ0n) is 13.3. The minimum atomic E-state index is -3.46. The van der Waals surface area contributed by atoms with Gasteiger partial charge >= 0.3 is 0 Å². The van der Waals surface area contributed by atoms with Gasteiger partial charge in [0.15, 0.2) is 0 Å². The van der Waals surface area contributed by atoms with Crippen LogP contribution in [0.1, 0.15) is 25.3 Å². The second-order valence-electron chi connectivity index (χ2n) is 5.91. The number of methoxy groups -OCH3 is 1. The van der Waals surface area contributed by atoms with Gasteiger partial charge in [0, 0.05) is 12.6 Å². The van der Waals surface area contributed by atoms with Gasteiger partial charge in [-0.15, -0.1) is 11.3 Å². The molecule has 124 valence electrons. The average Bonchev–Trinajstić information content (AvgIpc) is 3.25. The van der Waals surface area contributed by atoms with E-state index in [0.29, 0.717) is 16.7 Å². The molecule has 0 bridgehead atoms. The minimum absolute atomic E-state index is 0.0178. The first-order valence-corrected chi connectivity index (χ1v) is 10.0. The zero-order chi connectivity index (χ0) is 16.4. The van der Waals surface area contributed by atoms with Crippen LogP contribution in [0.15, 0.2) is 46.0 Å². The number of hydrogen-bond acceptors (Lipinski definition) is 4. The molecular weight excluding hydrogens is 330 g/mol. The van der Waals surface area contributed by atoms with E-state index in [-0.39, 0.29) is 6.04 Å². The highest BCUT2D eigenvalue weighted by atomic mass is 32.2. The molecule has 3 rings (SSSR count). The van der Waals surface area contributed by atoms with Crippen molar-refractivity contribution in [1.82, 2.24) is 4.31 Å². The van der Waals surface area contributed by atoms with Gasteiger partial charge in [-0.25, -0.2) is 8.42 Å². The van der Waals surface area contributed by atoms with E-state index >= 15 is 0 Å². The lowest BCUT2D eigenvalue weighted by atomic mass is 10.1. The van der Waals surface area contributed by atoms with Crippen LogP contribution in [0.4, 0.5) is 0 Å². The zero-order valence-corrected chi connectivity index (χ0v) is 14.9. The number of thiophene rings is 1. The van der Waals surface area contributed by atoms with Gasteiger partial charge in [-0.3, -0.25) is 0 Å². The Kier molecular flexibility index (Phi) is 4.75. The van der Waals surface area contributed by atoms with Crippen LogP contribution in [0.3, 0.4) is 0 Å². The van der Waals surface area contributed by atoms with Crippen molar-refractivity contribution >= 4 is 21.4 Å². The summed E-state index contributed by atoms with van der Waals surface area (Å²) in [6.07, 6.45) is 2.22. The maximum absolute atomic E-state index is 13.0. The van der Waals surface area contributed by atoms with E-state index in [1.165, 1.54) is 11.3 Å². The molecule has 0 saturated heterocycles. The normalized spacial score (nSPS) is 16.5. The summed E-state index contributed by atoms with van der Waals surface area (Å²) in [5.74, 6) is 1.25. The first-order valence-electron chi connectivity index (χ1n) is 7.70. The molecule has 1 aliphatic carbocycles. The van der Waals surface area contributed by atoms with Crippen molar-refractivity contribution < 1.29 is 13.2 Å². The fraction of sp³-hybridized carbons (Fsp3) is 0.412. The molecule has 0 N–H and O–H groups in total. The number of benzene rings is 1. The minimum Gasteiger partial charge on any atom is -0.497 e. The maximum Gasteiger partial charge on any atom is 0.253 e. The third-order valence-electron chi connectivity index (χ3n) is 4.31. The summed E-state index contributed by atoms with van der Waals surface area (Å²) in [6.45, 7) is 2.41. The van der Waals surface area contributed by atoms with Crippen molar-refractivity contribution in [1.29, 1.82) is 0 Å². The van der Waals surface area contributed by atoms with Crippen LogP contribution in [-0.4, -0.2) is 25.9 Å². The Morgan fingerprint density at radius 3 is 2.48 bits per heavy atom. The Morgan fingerprint density at radius 1 is 1.26 bits per heavy atom. The molecule has 0 aliphatic heterocycles. The molecule has 0 radical (unpaired) electrons. The Labute approximate surface area is 141 Å². The largest absolute Gasteiger partial charge is 0.497 e. The van der Waals surface area contributed by atoms with Gasteiger partial charge < -0.3 is 4.74 Å². The van der Waals surface area contributed by atoms with Crippen LogP contribution >= 0.6 is 11.3 Å². The fourth-order valence-electron chi connectivity index (χ4n) is 2.70. The summed E-state index contributed by atoms with van der Waals surface area (Å²) in [5, 5.41) is 1.81. The van der Waals surface area contributed by atoms with Gasteiger partial charge in [-0.1, -0.05) is 18.2 Å². The van der Waals surface area contributed by atoms with Crippen LogP contribution in [0, 0.1) is 5.92 Å². The van der Waals surface area contributed by atoms with Gasteiger partial charge in [0.1, 0.15) is 9.96 Å². The van der Waals surface area contributed by atoms with E-state index in [4.69, 9.17) is 4.74 Å². The lowest BCUT2D eigenvalue weighted by molar-refractivity contribution is 0.303. The predicted molar refractivity (Wildman–Crippen MR) is 92.2 cm³/mol. The number of rotatable bonds is 7. The van der Waals surface area contributed by atoms with E-state index in [2.05, 4.69) is 0 Å². The van der Waals surface area contributed by atoms with Crippen molar-refractivity contribution in [2.45, 2.75) is 36.6 Å². The van der Waals surface area contributed by atoms with Gasteiger partial charge in [0.25, 0.3) is 10.0 Å². The van der Waals surface area contributed by atoms with E-state index in [9.17, 15) is 8.42 Å². The van der Waals surface area contributed by atoms with Crippen molar-refractivity contribution in [2.75, 3.05) is 7.11 Å². The van der Waals surface area contributed by atoms with E-state index in [0.717, 1.165) is 24.2 Å². The first kappa shape index (κ1) is 16.5. The summed E-state index contributed by atoms with van der Waals surface area (Å²) < 4.78 is 33.2. The molecule has 4 nitrogen and oxygen atoms in total. The van der Waals surface area contributed by atoms with Crippen LogP contribution in [0.25, 0.3) is 0 Å². The van der Waals surface area contributed by atoms with E-state index in [1.807, 2.05) is 31.2 Å². The van der Waals surface area contributed by atoms with Crippen molar-refractivity contribution in [3.63, 3.8) is 0 Å². The molecule has 0 spiro atoms. The monoisotopic (exact) mass is 351 g/mol. The van der Waals surface area contributed by atoms with Crippen LogP contribution in [0.5, 0.6) is 5.75 Å². The van der Waals surface area contributed by atoms with Crippen LogP contribution in [-0.2, 0) is 16.6 Å². The molecule has 2 aromatic rings. The molecular formula is C17H21NO3S2. The van der Waals surface area contributed by atoms with Gasteiger partial charge in [-0.05, 0) is 54.8 Å². The molecule has 1 saturated carbocycles. The molecule has 6 heteroatoms. The molecule has 1 fully saturated rings. The Morgan fingerprint density at radius 2 is 1.96 bits per heavy atom. The Hall–Kier alpha value is -1.37. The maximum atomic E-state index is 13.0. The molecule has 1 heterocycles. The molecule has 1 unspecified atom stereocenters. The Balaban J connectivity index is 1.89. The lowest BCUT2D eigenvalue weighted by Gasteiger charge is -2.28.